The molecule has 0 aliphatic rings. The van der Waals surface area contributed by atoms with Gasteiger partial charge in [-0.25, -0.2) is 4.79 Å². The molecule has 0 bridgehead atoms. The van der Waals surface area contributed by atoms with Gasteiger partial charge in [0.25, 0.3) is 5.91 Å². The van der Waals surface area contributed by atoms with E-state index in [0.717, 1.165) is 2.88 Å². The Kier molecular flexibility index (Phi) is 5.63. The summed E-state index contributed by atoms with van der Waals surface area (Å²) < 4.78 is 0.994. The second kappa shape index (κ2) is 6.75. The number of amides is 1. The number of nitrogens with one attached hydrogen (secondary N) is 1. The minimum atomic E-state index is -1.03. The molecule has 92 valence electrons. The molecule has 17 heavy (non-hydrogen) atoms. The average molecular weight is 365 g/mol. The lowest BCUT2D eigenvalue weighted by Gasteiger charge is -2.11. The van der Waals surface area contributed by atoms with E-state index in [1.165, 1.54) is 11.3 Å². The summed E-state index contributed by atoms with van der Waals surface area (Å²) in [6, 6.07) is 0.853. The molecule has 1 rings (SSSR count). The van der Waals surface area contributed by atoms with E-state index in [-0.39, 0.29) is 5.91 Å². The maximum Gasteiger partial charge on any atom is 0.326 e. The number of carbonyl (C=O) groups is 2. The minimum absolute atomic E-state index is 0.290. The smallest absolute Gasteiger partial charge is 0.326 e. The molecule has 0 aliphatic heterocycles. The van der Waals surface area contributed by atoms with Crippen molar-refractivity contribution in [3.63, 3.8) is 0 Å². The van der Waals surface area contributed by atoms with Crippen molar-refractivity contribution in [1.29, 1.82) is 0 Å². The van der Waals surface area contributed by atoms with Crippen LogP contribution in [-0.2, 0) is 4.79 Å². The lowest BCUT2D eigenvalue weighted by molar-refractivity contribution is -0.139. The molecule has 1 atom stereocenters. The van der Waals surface area contributed by atoms with Crippen molar-refractivity contribution in [2.24, 2.45) is 0 Å². The third kappa shape index (κ3) is 4.47. The number of carboxylic acid groups (broad SMARTS) is 1. The number of aliphatic carboxylic acids is 1. The largest absolute Gasteiger partial charge is 0.480 e. The Balaban J connectivity index is 2.67. The zero-order valence-corrected chi connectivity index (χ0v) is 12.1. The summed E-state index contributed by atoms with van der Waals surface area (Å²) in [4.78, 5) is 22.7. The third-order valence-electron chi connectivity index (χ3n) is 2.04. The molecule has 4 nitrogen and oxygen atoms in total. The van der Waals surface area contributed by atoms with Gasteiger partial charge in [0, 0.05) is 5.38 Å². The van der Waals surface area contributed by atoms with Gasteiger partial charge in [0.15, 0.2) is 0 Å². The van der Waals surface area contributed by atoms with Crippen LogP contribution in [0.1, 0.15) is 23.7 Å². The molecule has 0 fully saturated rings. The molecule has 1 aromatic heterocycles. The van der Waals surface area contributed by atoms with Crippen molar-refractivity contribution in [2.45, 2.75) is 19.4 Å². The van der Waals surface area contributed by atoms with Gasteiger partial charge in [-0.15, -0.1) is 11.3 Å². The van der Waals surface area contributed by atoms with Crippen molar-refractivity contribution in [2.75, 3.05) is 0 Å². The SMILES string of the molecule is C/C=C/CC(NC(=O)c1csc(I)c1)C(=O)O. The number of hydrogen-bond acceptors (Lipinski definition) is 3. The number of allylic oxidation sites excluding steroid dienone is 1. The maximum atomic E-state index is 11.7. The summed E-state index contributed by atoms with van der Waals surface area (Å²) >= 11 is 3.57. The Morgan fingerprint density at radius 2 is 2.35 bits per heavy atom. The zero-order valence-electron chi connectivity index (χ0n) is 9.14. The highest BCUT2D eigenvalue weighted by Gasteiger charge is 2.19. The highest BCUT2D eigenvalue weighted by Crippen LogP contribution is 2.16. The van der Waals surface area contributed by atoms with Crippen molar-refractivity contribution in [3.05, 3.63) is 32.0 Å². The summed E-state index contributed by atoms with van der Waals surface area (Å²) in [5.41, 5.74) is 0.506. The van der Waals surface area contributed by atoms with Crippen LogP contribution in [0, 0.1) is 2.88 Å². The van der Waals surface area contributed by atoms with E-state index >= 15 is 0 Å². The molecular weight excluding hydrogens is 353 g/mol. The Bertz CT molecular complexity index is 442. The molecule has 1 heterocycles. The number of hydrogen-bond donors (Lipinski definition) is 2. The third-order valence-corrected chi connectivity index (χ3v) is 3.83. The molecule has 0 aliphatic carbocycles. The predicted molar refractivity (Wildman–Crippen MR) is 75.4 cm³/mol. The van der Waals surface area contributed by atoms with E-state index in [2.05, 4.69) is 27.9 Å². The van der Waals surface area contributed by atoms with Gasteiger partial charge in [0.05, 0.1) is 8.45 Å². The summed E-state index contributed by atoms with van der Waals surface area (Å²) in [6.07, 6.45) is 3.77. The van der Waals surface area contributed by atoms with Crippen molar-refractivity contribution in [3.8, 4) is 0 Å². The fourth-order valence-corrected chi connectivity index (χ4v) is 2.49. The van der Waals surface area contributed by atoms with E-state index in [9.17, 15) is 9.59 Å². The van der Waals surface area contributed by atoms with Crippen LogP contribution < -0.4 is 5.32 Å². The van der Waals surface area contributed by atoms with Gasteiger partial charge < -0.3 is 10.4 Å². The standard InChI is InChI=1S/C11H12INO3S/c1-2-3-4-8(11(15)16)13-10(14)7-5-9(12)17-6-7/h2-3,5-6,8H,4H2,1H3,(H,13,14)(H,15,16)/b3-2+. The molecule has 0 saturated heterocycles. The molecule has 0 aromatic carbocycles. The van der Waals surface area contributed by atoms with Crippen LogP contribution >= 0.6 is 33.9 Å². The number of carbonyl (C=O) groups excluding carboxylic acids is 1. The summed E-state index contributed by atoms with van der Waals surface area (Å²) in [5.74, 6) is -1.37. The second-order valence-electron chi connectivity index (χ2n) is 3.31. The average Bonchev–Trinajstić information content (AvgIpc) is 2.70. The Morgan fingerprint density at radius 3 is 2.82 bits per heavy atom. The number of rotatable bonds is 5. The Hall–Kier alpha value is -0.890. The molecule has 1 aromatic rings. The van der Waals surface area contributed by atoms with Gasteiger partial charge in [-0.3, -0.25) is 4.79 Å². The van der Waals surface area contributed by atoms with Gasteiger partial charge in [0.1, 0.15) is 6.04 Å². The molecule has 1 amide bonds. The van der Waals surface area contributed by atoms with Crippen LogP contribution in [0.3, 0.4) is 0 Å². The molecule has 0 radical (unpaired) electrons. The molecule has 2 N–H and O–H groups in total. The molecule has 6 heteroatoms. The second-order valence-corrected chi connectivity index (χ2v) is 6.11. The highest BCUT2D eigenvalue weighted by molar-refractivity contribution is 14.1. The maximum absolute atomic E-state index is 11.7. The minimum Gasteiger partial charge on any atom is -0.480 e. The number of carboxylic acids is 1. The molecular formula is C11H12INO3S. The first kappa shape index (κ1) is 14.2. The predicted octanol–water partition coefficient (Wildman–Crippen LogP) is 2.50. The first-order valence-corrected chi connectivity index (χ1v) is 6.89. The van der Waals surface area contributed by atoms with E-state index in [1.54, 1.807) is 23.6 Å². The summed E-state index contributed by atoms with van der Waals surface area (Å²) in [7, 11) is 0. The topological polar surface area (TPSA) is 66.4 Å². The van der Waals surface area contributed by atoms with Crippen molar-refractivity contribution >= 4 is 45.8 Å². The van der Waals surface area contributed by atoms with Crippen LogP contribution in [0.5, 0.6) is 0 Å². The summed E-state index contributed by atoms with van der Waals surface area (Å²) in [6.45, 7) is 1.81. The zero-order chi connectivity index (χ0) is 12.8. The fourth-order valence-electron chi connectivity index (χ4n) is 1.16. The van der Waals surface area contributed by atoms with E-state index in [1.807, 2.05) is 6.92 Å². The monoisotopic (exact) mass is 365 g/mol. The molecule has 1 unspecified atom stereocenters. The van der Waals surface area contributed by atoms with E-state index in [0.29, 0.717) is 12.0 Å². The van der Waals surface area contributed by atoms with Gasteiger partial charge in [-0.2, -0.15) is 0 Å². The molecule has 0 saturated carbocycles. The van der Waals surface area contributed by atoms with Crippen LogP contribution in [-0.4, -0.2) is 23.0 Å². The Morgan fingerprint density at radius 1 is 1.65 bits per heavy atom. The van der Waals surface area contributed by atoms with Gasteiger partial charge >= 0.3 is 5.97 Å². The van der Waals surface area contributed by atoms with Gasteiger partial charge in [-0.1, -0.05) is 12.2 Å². The van der Waals surface area contributed by atoms with Gasteiger partial charge in [0.2, 0.25) is 0 Å². The van der Waals surface area contributed by atoms with E-state index < -0.39 is 12.0 Å². The quantitative estimate of drug-likeness (QED) is 0.623. The van der Waals surface area contributed by atoms with Crippen molar-refractivity contribution < 1.29 is 14.7 Å². The normalized spacial score (nSPS) is 12.6. The lowest BCUT2D eigenvalue weighted by Crippen LogP contribution is -2.40. The fraction of sp³-hybridized carbons (Fsp3) is 0.273. The van der Waals surface area contributed by atoms with Gasteiger partial charge in [-0.05, 0) is 42.0 Å². The van der Waals surface area contributed by atoms with Crippen LogP contribution in [0.2, 0.25) is 0 Å². The first-order valence-electron chi connectivity index (χ1n) is 4.93. The number of halogens is 1. The molecule has 0 spiro atoms. The lowest BCUT2D eigenvalue weighted by atomic mass is 10.2. The number of thiophene rings is 1. The highest BCUT2D eigenvalue weighted by atomic mass is 127. The van der Waals surface area contributed by atoms with E-state index in [4.69, 9.17) is 5.11 Å². The summed E-state index contributed by atoms with van der Waals surface area (Å²) in [5, 5.41) is 13.2. The van der Waals surface area contributed by atoms with Crippen LogP contribution in [0.25, 0.3) is 0 Å². The van der Waals surface area contributed by atoms with Crippen molar-refractivity contribution in [1.82, 2.24) is 5.32 Å². The van der Waals surface area contributed by atoms with Crippen LogP contribution in [0.4, 0.5) is 0 Å². The van der Waals surface area contributed by atoms with Crippen LogP contribution in [0.15, 0.2) is 23.6 Å². The first-order chi connectivity index (χ1) is 8.04. The Labute approximate surface area is 117 Å².